The predicted octanol–water partition coefficient (Wildman–Crippen LogP) is 1.28. The highest BCUT2D eigenvalue weighted by Crippen LogP contribution is 2.09. The van der Waals surface area contributed by atoms with Crippen LogP contribution in [0.25, 0.3) is 0 Å². The molecule has 2 rings (SSSR count). The standard InChI is InChI=1S/C10H13N5O/c1-7-5-8(15-16-7)6-12-9-3-2-4-10(13-9)14-11/h2-5H,6,11H2,1H3,(H2,12,13,14). The van der Waals surface area contributed by atoms with Crippen molar-refractivity contribution >= 4 is 11.6 Å². The van der Waals surface area contributed by atoms with Gasteiger partial charge in [-0.2, -0.15) is 0 Å². The molecule has 4 N–H and O–H groups in total. The van der Waals surface area contributed by atoms with Gasteiger partial charge in [0.2, 0.25) is 0 Å². The molecule has 0 aromatic carbocycles. The molecule has 0 radical (unpaired) electrons. The van der Waals surface area contributed by atoms with E-state index in [4.69, 9.17) is 10.4 Å². The maximum absolute atomic E-state index is 5.26. The van der Waals surface area contributed by atoms with Crippen LogP contribution in [0.3, 0.4) is 0 Å². The Kier molecular flexibility index (Phi) is 3.02. The van der Waals surface area contributed by atoms with Crippen molar-refractivity contribution in [2.45, 2.75) is 13.5 Å². The van der Waals surface area contributed by atoms with Gasteiger partial charge in [-0.05, 0) is 19.1 Å². The molecule has 2 aromatic heterocycles. The lowest BCUT2D eigenvalue weighted by Gasteiger charge is -2.04. The number of nitrogens with two attached hydrogens (primary N) is 1. The van der Waals surface area contributed by atoms with Gasteiger partial charge in [-0.3, -0.25) is 0 Å². The first-order chi connectivity index (χ1) is 7.78. The van der Waals surface area contributed by atoms with Gasteiger partial charge in [-0.25, -0.2) is 10.8 Å². The highest BCUT2D eigenvalue weighted by Gasteiger charge is 2.00. The number of aromatic nitrogens is 2. The van der Waals surface area contributed by atoms with E-state index in [1.54, 1.807) is 6.07 Å². The molecule has 2 heterocycles. The van der Waals surface area contributed by atoms with E-state index in [9.17, 15) is 0 Å². The van der Waals surface area contributed by atoms with Crippen molar-refractivity contribution < 1.29 is 4.52 Å². The smallest absolute Gasteiger partial charge is 0.142 e. The number of hydrogen-bond acceptors (Lipinski definition) is 6. The lowest BCUT2D eigenvalue weighted by Crippen LogP contribution is -2.09. The molecule has 16 heavy (non-hydrogen) atoms. The molecule has 0 bridgehead atoms. The average molecular weight is 219 g/mol. The van der Waals surface area contributed by atoms with Crippen LogP contribution in [-0.2, 0) is 6.54 Å². The zero-order chi connectivity index (χ0) is 11.4. The molecule has 0 aliphatic carbocycles. The van der Waals surface area contributed by atoms with Gasteiger partial charge in [0.15, 0.2) is 0 Å². The van der Waals surface area contributed by atoms with E-state index in [1.165, 1.54) is 0 Å². The second-order valence-electron chi connectivity index (χ2n) is 3.33. The summed E-state index contributed by atoms with van der Waals surface area (Å²) in [4.78, 5) is 4.21. The largest absolute Gasteiger partial charge is 0.364 e. The lowest BCUT2D eigenvalue weighted by molar-refractivity contribution is 0.391. The first kappa shape index (κ1) is 10.4. The number of nitrogens with one attached hydrogen (secondary N) is 2. The summed E-state index contributed by atoms with van der Waals surface area (Å²) >= 11 is 0. The van der Waals surface area contributed by atoms with Crippen molar-refractivity contribution in [2.24, 2.45) is 5.84 Å². The molecule has 0 fully saturated rings. The molecule has 0 atom stereocenters. The summed E-state index contributed by atoms with van der Waals surface area (Å²) in [5, 5.41) is 6.99. The van der Waals surface area contributed by atoms with Gasteiger partial charge in [0.25, 0.3) is 0 Å². The van der Waals surface area contributed by atoms with Gasteiger partial charge >= 0.3 is 0 Å². The van der Waals surface area contributed by atoms with Gasteiger partial charge in [0.1, 0.15) is 23.1 Å². The Morgan fingerprint density at radius 3 is 2.88 bits per heavy atom. The molecule has 0 amide bonds. The van der Waals surface area contributed by atoms with Crippen LogP contribution in [0.5, 0.6) is 0 Å². The summed E-state index contributed by atoms with van der Waals surface area (Å²) in [6.45, 7) is 2.42. The fraction of sp³-hybridized carbons (Fsp3) is 0.200. The molecule has 0 spiro atoms. The van der Waals surface area contributed by atoms with E-state index in [-0.39, 0.29) is 0 Å². The third kappa shape index (κ3) is 2.48. The summed E-state index contributed by atoms with van der Waals surface area (Å²) in [7, 11) is 0. The summed E-state index contributed by atoms with van der Waals surface area (Å²) in [6, 6.07) is 7.37. The Hall–Kier alpha value is -2.08. The van der Waals surface area contributed by atoms with Crippen LogP contribution >= 0.6 is 0 Å². The van der Waals surface area contributed by atoms with Gasteiger partial charge in [0, 0.05) is 6.07 Å². The molecule has 84 valence electrons. The van der Waals surface area contributed by atoms with Crippen LogP contribution in [0.15, 0.2) is 28.8 Å². The van der Waals surface area contributed by atoms with Crippen LogP contribution in [0.4, 0.5) is 11.6 Å². The van der Waals surface area contributed by atoms with Gasteiger partial charge in [-0.1, -0.05) is 11.2 Å². The summed E-state index contributed by atoms with van der Waals surface area (Å²) < 4.78 is 4.96. The minimum absolute atomic E-state index is 0.568. The topological polar surface area (TPSA) is 89.0 Å². The summed E-state index contributed by atoms with van der Waals surface area (Å²) in [6.07, 6.45) is 0. The van der Waals surface area contributed by atoms with Crippen LogP contribution in [0.1, 0.15) is 11.5 Å². The first-order valence-electron chi connectivity index (χ1n) is 4.87. The van der Waals surface area contributed by atoms with E-state index in [2.05, 4.69) is 20.9 Å². The molecule has 6 heteroatoms. The molecule has 6 nitrogen and oxygen atoms in total. The minimum atomic E-state index is 0.568. The molecular weight excluding hydrogens is 206 g/mol. The summed E-state index contributed by atoms with van der Waals surface area (Å²) in [5.74, 6) is 7.40. The Morgan fingerprint density at radius 1 is 1.38 bits per heavy atom. The van der Waals surface area contributed by atoms with Crippen LogP contribution < -0.4 is 16.6 Å². The number of hydrogen-bond donors (Lipinski definition) is 3. The van der Waals surface area contributed by atoms with Crippen molar-refractivity contribution in [3.63, 3.8) is 0 Å². The number of anilines is 2. The van der Waals surface area contributed by atoms with E-state index < -0.39 is 0 Å². The number of rotatable bonds is 4. The summed E-state index contributed by atoms with van der Waals surface area (Å²) in [5.41, 5.74) is 3.32. The highest BCUT2D eigenvalue weighted by molar-refractivity contribution is 5.44. The third-order valence-electron chi connectivity index (χ3n) is 2.02. The van der Waals surface area contributed by atoms with Crippen molar-refractivity contribution in [3.05, 3.63) is 35.7 Å². The number of nitrogens with zero attached hydrogens (tertiary/aromatic N) is 2. The zero-order valence-electron chi connectivity index (χ0n) is 8.90. The lowest BCUT2D eigenvalue weighted by atomic mass is 10.3. The quantitative estimate of drug-likeness (QED) is 0.530. The van der Waals surface area contributed by atoms with E-state index >= 15 is 0 Å². The fourth-order valence-electron chi connectivity index (χ4n) is 1.30. The monoisotopic (exact) mass is 219 g/mol. The van der Waals surface area contributed by atoms with E-state index in [0.717, 1.165) is 17.3 Å². The highest BCUT2D eigenvalue weighted by atomic mass is 16.5. The molecule has 0 saturated heterocycles. The maximum Gasteiger partial charge on any atom is 0.142 e. The van der Waals surface area contributed by atoms with Crippen LogP contribution in [0.2, 0.25) is 0 Å². The molecular formula is C10H13N5O. The Balaban J connectivity index is 1.99. The van der Waals surface area contributed by atoms with Gasteiger partial charge < -0.3 is 15.3 Å². The Bertz CT molecular complexity index is 468. The Labute approximate surface area is 92.8 Å². The van der Waals surface area contributed by atoms with Crippen molar-refractivity contribution in [2.75, 3.05) is 10.7 Å². The van der Waals surface area contributed by atoms with Crippen molar-refractivity contribution in [3.8, 4) is 0 Å². The number of aryl methyl sites for hydroxylation is 1. The second kappa shape index (κ2) is 4.63. The number of pyridine rings is 1. The third-order valence-corrected chi connectivity index (χ3v) is 2.02. The van der Waals surface area contributed by atoms with Gasteiger partial charge in [-0.15, -0.1) is 0 Å². The van der Waals surface area contributed by atoms with Crippen LogP contribution in [-0.4, -0.2) is 10.1 Å². The maximum atomic E-state index is 5.26. The predicted molar refractivity (Wildman–Crippen MR) is 60.6 cm³/mol. The van der Waals surface area contributed by atoms with E-state index in [0.29, 0.717) is 12.4 Å². The minimum Gasteiger partial charge on any atom is -0.364 e. The van der Waals surface area contributed by atoms with Crippen LogP contribution in [0, 0.1) is 6.92 Å². The number of nitrogen functional groups attached to an aromatic ring is 1. The van der Waals surface area contributed by atoms with Crippen molar-refractivity contribution in [1.29, 1.82) is 0 Å². The molecule has 0 saturated carbocycles. The normalized spacial score (nSPS) is 10.1. The zero-order valence-corrected chi connectivity index (χ0v) is 8.90. The van der Waals surface area contributed by atoms with Gasteiger partial charge in [0.05, 0.1) is 6.54 Å². The molecule has 2 aromatic rings. The first-order valence-corrected chi connectivity index (χ1v) is 4.87. The van der Waals surface area contributed by atoms with E-state index in [1.807, 2.05) is 25.1 Å². The average Bonchev–Trinajstić information content (AvgIpc) is 2.73. The molecule has 0 unspecified atom stereocenters. The SMILES string of the molecule is Cc1cc(CNc2cccc(NN)n2)no1. The number of hydrazine groups is 1. The Morgan fingerprint density at radius 2 is 2.19 bits per heavy atom. The fourth-order valence-corrected chi connectivity index (χ4v) is 1.30. The molecule has 0 aliphatic rings. The van der Waals surface area contributed by atoms with Crippen molar-refractivity contribution in [1.82, 2.24) is 10.1 Å². The second-order valence-corrected chi connectivity index (χ2v) is 3.33. The molecule has 0 aliphatic heterocycles.